The molecule has 1 aliphatic carbocycles. The van der Waals surface area contributed by atoms with Gasteiger partial charge in [-0.3, -0.25) is 0 Å². The summed E-state index contributed by atoms with van der Waals surface area (Å²) in [5.41, 5.74) is 0.318. The fourth-order valence-corrected chi connectivity index (χ4v) is 2.03. The molecule has 4 heteroatoms. The number of halogens is 1. The largest absolute Gasteiger partial charge is 0.353 e. The average Bonchev–Trinajstić information content (AvgIpc) is 3.10. The Balaban J connectivity index is 2.26. The van der Waals surface area contributed by atoms with Gasteiger partial charge in [-0.2, -0.15) is 5.26 Å². The summed E-state index contributed by atoms with van der Waals surface area (Å²) in [6.07, 6.45) is 2.44. The normalized spacial score (nSPS) is 14.8. The molecule has 17 heavy (non-hydrogen) atoms. The first-order chi connectivity index (χ1) is 8.11. The van der Waals surface area contributed by atoms with Gasteiger partial charge in [0.25, 0.3) is 0 Å². The van der Waals surface area contributed by atoms with Gasteiger partial charge in [-0.1, -0.05) is 25.4 Å². The summed E-state index contributed by atoms with van der Waals surface area (Å²) in [6.45, 7) is 5.36. The second kappa shape index (κ2) is 4.93. The SMILES string of the molecule is CC(C)CN(c1ccc(Cl)c(C#N)n1)C1CC1. The molecule has 1 aliphatic rings. The van der Waals surface area contributed by atoms with E-state index in [4.69, 9.17) is 16.9 Å². The first-order valence-corrected chi connectivity index (χ1v) is 6.33. The van der Waals surface area contributed by atoms with E-state index in [2.05, 4.69) is 23.7 Å². The quantitative estimate of drug-likeness (QED) is 0.823. The van der Waals surface area contributed by atoms with Crippen LogP contribution in [0.15, 0.2) is 12.1 Å². The van der Waals surface area contributed by atoms with E-state index >= 15 is 0 Å². The van der Waals surface area contributed by atoms with Gasteiger partial charge in [0.05, 0.1) is 5.02 Å². The lowest BCUT2D eigenvalue weighted by molar-refractivity contribution is 0.602. The van der Waals surface area contributed by atoms with Gasteiger partial charge in [-0.05, 0) is 30.9 Å². The number of rotatable bonds is 4. The molecule has 2 rings (SSSR count). The van der Waals surface area contributed by atoms with Crippen LogP contribution < -0.4 is 4.90 Å². The van der Waals surface area contributed by atoms with Gasteiger partial charge >= 0.3 is 0 Å². The van der Waals surface area contributed by atoms with Gasteiger partial charge < -0.3 is 4.90 Å². The lowest BCUT2D eigenvalue weighted by Crippen LogP contribution is -2.30. The predicted molar refractivity (Wildman–Crippen MR) is 69.2 cm³/mol. The molecule has 1 aromatic rings. The number of hydrogen-bond donors (Lipinski definition) is 0. The highest BCUT2D eigenvalue weighted by molar-refractivity contribution is 6.31. The van der Waals surface area contributed by atoms with Gasteiger partial charge in [-0.15, -0.1) is 0 Å². The summed E-state index contributed by atoms with van der Waals surface area (Å²) in [5, 5.41) is 9.37. The van der Waals surface area contributed by atoms with Crippen LogP contribution in [0.3, 0.4) is 0 Å². The van der Waals surface area contributed by atoms with E-state index < -0.39 is 0 Å². The lowest BCUT2D eigenvalue weighted by atomic mass is 10.2. The Morgan fingerprint density at radius 3 is 2.76 bits per heavy atom. The fourth-order valence-electron chi connectivity index (χ4n) is 1.88. The summed E-state index contributed by atoms with van der Waals surface area (Å²) in [6, 6.07) is 6.30. The number of nitriles is 1. The Hall–Kier alpha value is -1.27. The average molecular weight is 250 g/mol. The van der Waals surface area contributed by atoms with Crippen LogP contribution in [0.2, 0.25) is 5.02 Å². The van der Waals surface area contributed by atoms with Crippen molar-refractivity contribution in [2.75, 3.05) is 11.4 Å². The van der Waals surface area contributed by atoms with Crippen LogP contribution in [0.1, 0.15) is 32.4 Å². The highest BCUT2D eigenvalue weighted by Crippen LogP contribution is 2.32. The molecule has 0 bridgehead atoms. The van der Waals surface area contributed by atoms with Crippen LogP contribution in [0.4, 0.5) is 5.82 Å². The maximum Gasteiger partial charge on any atom is 0.161 e. The Kier molecular flexibility index (Phi) is 3.54. The number of anilines is 1. The zero-order valence-electron chi connectivity index (χ0n) is 10.2. The summed E-state index contributed by atoms with van der Waals surface area (Å²) < 4.78 is 0. The smallest absolute Gasteiger partial charge is 0.161 e. The third kappa shape index (κ3) is 2.89. The van der Waals surface area contributed by atoms with Crippen molar-refractivity contribution in [1.82, 2.24) is 4.98 Å². The van der Waals surface area contributed by atoms with Crippen LogP contribution in [0.25, 0.3) is 0 Å². The van der Waals surface area contributed by atoms with Crippen LogP contribution in [0.5, 0.6) is 0 Å². The summed E-state index contributed by atoms with van der Waals surface area (Å²) in [5.74, 6) is 1.46. The van der Waals surface area contributed by atoms with Crippen LogP contribution in [-0.4, -0.2) is 17.6 Å². The second-order valence-corrected chi connectivity index (χ2v) is 5.30. The standard InChI is InChI=1S/C13H16ClN3/c1-9(2)8-17(10-3-4-10)13-6-5-11(14)12(7-15)16-13/h5-6,9-10H,3-4,8H2,1-2H3. The van der Waals surface area contributed by atoms with Gasteiger partial charge in [0.15, 0.2) is 5.69 Å². The van der Waals surface area contributed by atoms with Crippen molar-refractivity contribution in [3.63, 3.8) is 0 Å². The third-order valence-electron chi connectivity index (χ3n) is 2.78. The molecule has 0 spiro atoms. The second-order valence-electron chi connectivity index (χ2n) is 4.89. The van der Waals surface area contributed by atoms with Crippen LogP contribution in [0, 0.1) is 17.2 Å². The fraction of sp³-hybridized carbons (Fsp3) is 0.538. The van der Waals surface area contributed by atoms with E-state index in [1.807, 2.05) is 12.1 Å². The first-order valence-electron chi connectivity index (χ1n) is 5.95. The Morgan fingerprint density at radius 2 is 2.24 bits per heavy atom. The molecule has 90 valence electrons. The van der Waals surface area contributed by atoms with Gasteiger partial charge in [0, 0.05) is 12.6 Å². The molecule has 1 saturated carbocycles. The van der Waals surface area contributed by atoms with Crippen molar-refractivity contribution in [2.45, 2.75) is 32.7 Å². The number of pyridine rings is 1. The van der Waals surface area contributed by atoms with E-state index in [0.717, 1.165) is 12.4 Å². The van der Waals surface area contributed by atoms with Crippen LogP contribution >= 0.6 is 11.6 Å². The van der Waals surface area contributed by atoms with E-state index in [1.165, 1.54) is 12.8 Å². The molecule has 1 fully saturated rings. The predicted octanol–water partition coefficient (Wildman–Crippen LogP) is 3.23. The first kappa shape index (κ1) is 12.2. The molecule has 0 atom stereocenters. The number of aromatic nitrogens is 1. The summed E-state index contributed by atoms with van der Waals surface area (Å²) >= 11 is 5.90. The Bertz CT molecular complexity index is 446. The molecule has 0 amide bonds. The number of hydrogen-bond acceptors (Lipinski definition) is 3. The molecule has 0 unspecified atom stereocenters. The van der Waals surface area contributed by atoms with E-state index in [9.17, 15) is 0 Å². The highest BCUT2D eigenvalue weighted by Gasteiger charge is 2.30. The molecule has 0 aliphatic heterocycles. The molecule has 0 saturated heterocycles. The summed E-state index contributed by atoms with van der Waals surface area (Å²) in [7, 11) is 0. The minimum absolute atomic E-state index is 0.318. The molecular formula is C13H16ClN3. The Labute approximate surface area is 107 Å². The van der Waals surface area contributed by atoms with Gasteiger partial charge in [-0.25, -0.2) is 4.98 Å². The molecule has 0 N–H and O–H groups in total. The molecule has 0 aromatic carbocycles. The lowest BCUT2D eigenvalue weighted by Gasteiger charge is -2.25. The van der Waals surface area contributed by atoms with E-state index in [1.54, 1.807) is 6.07 Å². The van der Waals surface area contributed by atoms with Crippen molar-refractivity contribution >= 4 is 17.4 Å². The minimum Gasteiger partial charge on any atom is -0.353 e. The minimum atomic E-state index is 0.318. The molecule has 1 aromatic heterocycles. The summed E-state index contributed by atoms with van der Waals surface area (Å²) in [4.78, 5) is 6.63. The van der Waals surface area contributed by atoms with E-state index in [0.29, 0.717) is 22.7 Å². The van der Waals surface area contributed by atoms with Crippen LogP contribution in [-0.2, 0) is 0 Å². The molecule has 1 heterocycles. The van der Waals surface area contributed by atoms with Crippen molar-refractivity contribution in [2.24, 2.45) is 5.92 Å². The molecular weight excluding hydrogens is 234 g/mol. The molecule has 3 nitrogen and oxygen atoms in total. The topological polar surface area (TPSA) is 39.9 Å². The van der Waals surface area contributed by atoms with Gasteiger partial charge in [0.2, 0.25) is 0 Å². The number of nitrogens with zero attached hydrogens (tertiary/aromatic N) is 3. The zero-order valence-corrected chi connectivity index (χ0v) is 10.9. The molecule has 0 radical (unpaired) electrons. The van der Waals surface area contributed by atoms with E-state index in [-0.39, 0.29) is 0 Å². The highest BCUT2D eigenvalue weighted by atomic mass is 35.5. The third-order valence-corrected chi connectivity index (χ3v) is 3.09. The van der Waals surface area contributed by atoms with Gasteiger partial charge in [0.1, 0.15) is 11.9 Å². The van der Waals surface area contributed by atoms with Crippen molar-refractivity contribution in [3.05, 3.63) is 22.8 Å². The maximum atomic E-state index is 8.95. The van der Waals surface area contributed by atoms with Crippen molar-refractivity contribution in [1.29, 1.82) is 5.26 Å². The van der Waals surface area contributed by atoms with Crippen molar-refractivity contribution in [3.8, 4) is 6.07 Å². The maximum absolute atomic E-state index is 8.95. The monoisotopic (exact) mass is 249 g/mol. The van der Waals surface area contributed by atoms with Crippen molar-refractivity contribution < 1.29 is 0 Å². The Morgan fingerprint density at radius 1 is 1.53 bits per heavy atom. The zero-order chi connectivity index (χ0) is 12.4.